The molecule has 1 aromatic heterocycles. The van der Waals surface area contributed by atoms with Crippen LogP contribution in [0.4, 0.5) is 5.82 Å². The summed E-state index contributed by atoms with van der Waals surface area (Å²) in [5.74, 6) is -0.462. The van der Waals surface area contributed by atoms with Crippen LogP contribution in [-0.2, 0) is 11.2 Å². The molecule has 1 heterocycles. The highest BCUT2D eigenvalue weighted by molar-refractivity contribution is 5.96. The fraction of sp³-hybridized carbons (Fsp3) is 0.333. The van der Waals surface area contributed by atoms with Crippen LogP contribution in [-0.4, -0.2) is 29.7 Å². The molecule has 1 N–H and O–H groups in total. The first-order chi connectivity index (χ1) is 13.5. The van der Waals surface area contributed by atoms with Crippen LogP contribution in [0.5, 0.6) is 0 Å². The zero-order valence-corrected chi connectivity index (χ0v) is 16.9. The largest absolute Gasteiger partial charge is 0.481 e. The molecule has 0 saturated heterocycles. The number of anilines is 1. The van der Waals surface area contributed by atoms with Crippen LogP contribution in [0.2, 0.25) is 0 Å². The molecule has 0 aliphatic heterocycles. The van der Waals surface area contributed by atoms with Gasteiger partial charge in [-0.2, -0.15) is 0 Å². The van der Waals surface area contributed by atoms with Gasteiger partial charge in [-0.25, -0.2) is 4.98 Å². The molecule has 0 amide bonds. The van der Waals surface area contributed by atoms with Crippen LogP contribution in [0.15, 0.2) is 54.6 Å². The number of rotatable bonds is 8. The molecule has 4 heteroatoms. The number of benzene rings is 2. The van der Waals surface area contributed by atoms with E-state index in [1.807, 2.05) is 30.1 Å². The summed E-state index contributed by atoms with van der Waals surface area (Å²) in [5, 5.41) is 10.4. The second-order valence-corrected chi connectivity index (χ2v) is 7.47. The van der Waals surface area contributed by atoms with E-state index in [1.54, 1.807) is 6.92 Å². The van der Waals surface area contributed by atoms with Crippen LogP contribution in [0, 0.1) is 5.92 Å². The Morgan fingerprint density at radius 2 is 1.89 bits per heavy atom. The first kappa shape index (κ1) is 19.9. The summed E-state index contributed by atoms with van der Waals surface area (Å²) >= 11 is 0. The van der Waals surface area contributed by atoms with Gasteiger partial charge in [0.15, 0.2) is 0 Å². The van der Waals surface area contributed by atoms with Crippen LogP contribution >= 0.6 is 0 Å². The van der Waals surface area contributed by atoms with Gasteiger partial charge in [-0.05, 0) is 47.7 Å². The average molecular weight is 377 g/mol. The quantitative estimate of drug-likeness (QED) is 0.572. The first-order valence-corrected chi connectivity index (χ1v) is 9.92. The van der Waals surface area contributed by atoms with E-state index in [4.69, 9.17) is 4.98 Å². The normalized spacial score (nSPS) is 12.1. The van der Waals surface area contributed by atoms with Crippen LogP contribution in [0.3, 0.4) is 0 Å². The first-order valence-electron chi connectivity index (χ1n) is 9.92. The zero-order chi connectivity index (χ0) is 20.1. The molecule has 1 atom stereocenters. The van der Waals surface area contributed by atoms with Gasteiger partial charge in [-0.1, -0.05) is 56.7 Å². The van der Waals surface area contributed by atoms with Crippen LogP contribution < -0.4 is 4.90 Å². The molecule has 0 spiro atoms. The third kappa shape index (κ3) is 4.50. The van der Waals surface area contributed by atoms with E-state index in [2.05, 4.69) is 43.3 Å². The number of fused-ring (bicyclic) bond motifs is 1. The van der Waals surface area contributed by atoms with Gasteiger partial charge >= 0.3 is 5.97 Å². The Kier molecular flexibility index (Phi) is 6.30. The minimum Gasteiger partial charge on any atom is -0.481 e. The Balaban J connectivity index is 2.09. The molecular weight excluding hydrogens is 348 g/mol. The van der Waals surface area contributed by atoms with Gasteiger partial charge in [0.25, 0.3) is 0 Å². The number of unbranched alkanes of at least 4 members (excludes halogenated alkanes) is 1. The second kappa shape index (κ2) is 8.87. The lowest BCUT2D eigenvalue weighted by molar-refractivity contribution is -0.140. The maximum Gasteiger partial charge on any atom is 0.308 e. The summed E-state index contributed by atoms with van der Waals surface area (Å²) in [5.41, 5.74) is 4.54. The molecule has 4 nitrogen and oxygen atoms in total. The average Bonchev–Trinajstić information content (AvgIpc) is 2.71. The third-order valence-electron chi connectivity index (χ3n) is 5.12. The number of hydrogen-bond donors (Lipinski definition) is 1. The molecule has 146 valence electrons. The highest BCUT2D eigenvalue weighted by Crippen LogP contribution is 2.32. The predicted octanol–water partition coefficient (Wildman–Crippen LogP) is 5.40. The highest BCUT2D eigenvalue weighted by atomic mass is 16.4. The molecule has 0 bridgehead atoms. The van der Waals surface area contributed by atoms with Crippen molar-refractivity contribution in [3.63, 3.8) is 0 Å². The minimum absolute atomic E-state index is 0.413. The number of aromatic nitrogens is 1. The van der Waals surface area contributed by atoms with Crippen molar-refractivity contribution in [2.45, 2.75) is 33.1 Å². The Hall–Kier alpha value is -2.88. The molecule has 1 unspecified atom stereocenters. The number of aliphatic carboxylic acids is 1. The second-order valence-electron chi connectivity index (χ2n) is 7.47. The maximum atomic E-state index is 11.2. The fourth-order valence-electron chi connectivity index (χ4n) is 3.43. The molecule has 0 saturated carbocycles. The van der Waals surface area contributed by atoms with Gasteiger partial charge in [0, 0.05) is 19.0 Å². The predicted molar refractivity (Wildman–Crippen MR) is 116 cm³/mol. The zero-order valence-electron chi connectivity index (χ0n) is 16.9. The molecule has 3 rings (SSSR count). The smallest absolute Gasteiger partial charge is 0.308 e. The summed E-state index contributed by atoms with van der Waals surface area (Å²) in [6.45, 7) is 4.34. The van der Waals surface area contributed by atoms with Gasteiger partial charge in [0.05, 0.1) is 11.4 Å². The molecule has 0 aliphatic carbocycles. The van der Waals surface area contributed by atoms with Crippen LogP contribution in [0.25, 0.3) is 22.0 Å². The SMILES string of the molecule is CCCCc1ccc2nc(N(C)CC(C)C(=O)O)cc(-c3ccccc3)c2c1. The Labute approximate surface area is 166 Å². The molecule has 2 aromatic carbocycles. The molecule has 0 aliphatic rings. The lowest BCUT2D eigenvalue weighted by atomic mass is 9.98. The number of aryl methyl sites for hydroxylation is 1. The van der Waals surface area contributed by atoms with Crippen molar-refractivity contribution in [1.29, 1.82) is 0 Å². The molecule has 28 heavy (non-hydrogen) atoms. The van der Waals surface area contributed by atoms with Crippen molar-refractivity contribution in [2.24, 2.45) is 5.92 Å². The topological polar surface area (TPSA) is 53.4 Å². The molecular formula is C24H28N2O2. The van der Waals surface area contributed by atoms with E-state index < -0.39 is 11.9 Å². The Morgan fingerprint density at radius 3 is 2.57 bits per heavy atom. The monoisotopic (exact) mass is 376 g/mol. The van der Waals surface area contributed by atoms with E-state index in [0.29, 0.717) is 6.54 Å². The van der Waals surface area contributed by atoms with Gasteiger partial charge in [-0.3, -0.25) is 4.79 Å². The van der Waals surface area contributed by atoms with Crippen molar-refractivity contribution < 1.29 is 9.90 Å². The lowest BCUT2D eigenvalue weighted by Gasteiger charge is -2.22. The minimum atomic E-state index is -0.795. The van der Waals surface area contributed by atoms with Crippen molar-refractivity contribution in [1.82, 2.24) is 4.98 Å². The number of pyridine rings is 1. The summed E-state index contributed by atoms with van der Waals surface area (Å²) in [6, 6.07) is 18.9. The Bertz CT molecular complexity index is 953. The number of nitrogens with zero attached hydrogens (tertiary/aromatic N) is 2. The Morgan fingerprint density at radius 1 is 1.14 bits per heavy atom. The van der Waals surface area contributed by atoms with Gasteiger partial charge in [-0.15, -0.1) is 0 Å². The standard InChI is InChI=1S/C24H28N2O2/c1-4-5-9-18-12-13-22-21(14-18)20(19-10-7-6-8-11-19)15-23(25-22)26(3)16-17(2)24(27)28/h6-8,10-15,17H,4-5,9,16H2,1-3H3,(H,27,28). The number of carbonyl (C=O) groups is 1. The van der Waals surface area contributed by atoms with Gasteiger partial charge in [0.1, 0.15) is 5.82 Å². The lowest BCUT2D eigenvalue weighted by Crippen LogP contribution is -2.29. The maximum absolute atomic E-state index is 11.2. The van der Waals surface area contributed by atoms with Gasteiger partial charge in [0.2, 0.25) is 0 Å². The van der Waals surface area contributed by atoms with E-state index in [0.717, 1.165) is 34.3 Å². The summed E-state index contributed by atoms with van der Waals surface area (Å²) in [6.07, 6.45) is 3.42. The summed E-state index contributed by atoms with van der Waals surface area (Å²) < 4.78 is 0. The van der Waals surface area contributed by atoms with E-state index >= 15 is 0 Å². The fourth-order valence-corrected chi connectivity index (χ4v) is 3.43. The number of carboxylic acid groups (broad SMARTS) is 1. The van der Waals surface area contributed by atoms with Crippen molar-refractivity contribution >= 4 is 22.7 Å². The van der Waals surface area contributed by atoms with E-state index in [1.165, 1.54) is 18.4 Å². The highest BCUT2D eigenvalue weighted by Gasteiger charge is 2.17. The number of hydrogen-bond acceptors (Lipinski definition) is 3. The summed E-state index contributed by atoms with van der Waals surface area (Å²) in [7, 11) is 1.90. The van der Waals surface area contributed by atoms with E-state index in [9.17, 15) is 9.90 Å². The molecule has 3 aromatic rings. The van der Waals surface area contributed by atoms with Crippen LogP contribution in [0.1, 0.15) is 32.3 Å². The van der Waals surface area contributed by atoms with E-state index in [-0.39, 0.29) is 0 Å². The third-order valence-corrected chi connectivity index (χ3v) is 5.12. The molecule has 0 radical (unpaired) electrons. The summed E-state index contributed by atoms with van der Waals surface area (Å²) in [4.78, 5) is 18.0. The van der Waals surface area contributed by atoms with Crippen molar-refractivity contribution in [3.8, 4) is 11.1 Å². The van der Waals surface area contributed by atoms with Gasteiger partial charge < -0.3 is 10.0 Å². The molecule has 0 fully saturated rings. The van der Waals surface area contributed by atoms with Crippen molar-refractivity contribution in [2.75, 3.05) is 18.5 Å². The van der Waals surface area contributed by atoms with Crippen molar-refractivity contribution in [3.05, 3.63) is 60.2 Å². The number of carboxylic acids is 1.